The molecule has 15 heteroatoms. The number of carbonyl (C=O) groups excluding carboxylic acids is 4. The largest absolute Gasteiger partial charge is 0.427 e. The first kappa shape index (κ1) is 56.1. The average Bonchev–Trinajstić information content (AvgIpc) is 1.53. The van der Waals surface area contributed by atoms with E-state index in [0.717, 1.165) is 92.3 Å². The fourth-order valence-corrected chi connectivity index (χ4v) is 20.4. The molecule has 82 heavy (non-hydrogen) atoms. The molecule has 1 aromatic rings. The van der Waals surface area contributed by atoms with Crippen LogP contribution in [0, 0.1) is 93.7 Å². The Hall–Kier alpha value is -5.08. The predicted molar refractivity (Wildman–Crippen MR) is 316 cm³/mol. The van der Waals surface area contributed by atoms with Gasteiger partial charge in [0.1, 0.15) is 11.5 Å². The number of amides is 2. The predicted octanol–water partition coefficient (Wildman–Crippen LogP) is 9.09. The van der Waals surface area contributed by atoms with Gasteiger partial charge in [0.2, 0.25) is 0 Å². The molecule has 0 aromatic heterocycles. The number of ether oxygens (including phenoxy) is 2. The number of rotatable bonds is 12. The number of hydrogen-bond acceptors (Lipinski definition) is 14. The number of dihydropyridines is 1. The standard InChI is InChI=1S/C67H80N4O9S2/c1-3-66(23-7-8-24-66)33-53-48-16-15-47-46-21-25-67(61(47)60(48)64(77)79-53)54-18-17-49(58-45-14-12-42-11-13-44(52(74)31-39-9-5-4-6-10-39)29-41(36-72)27-40(28-45)30-50(42)58)63(69-34-38(2)73)82-81-37-70-55-32-43(22-26-68-55)51(59(46)62(67)65(78)80-54)35-71-56(75)19-20-57(71)76/h4-6,9-10,12,14,18-20,22,32-33,38,40-42,44-47,49-52,58,61,63,68-70,72-74H,3,7-8,15-17,21,23-31,34-37H2,1-2H3/b53-33-,54-18-/t38-,40-,41+,42+,44+,45+,46-,47-,49-,50+,51-,52+,58-,61+,63+,67-/m0/s1. The first-order chi connectivity index (χ1) is 39.8. The second-order valence-electron chi connectivity index (χ2n) is 26.1. The average molecular weight is 1150 g/mol. The summed E-state index contributed by atoms with van der Waals surface area (Å²) in [5.74, 6) is 7.85. The van der Waals surface area contributed by atoms with Crippen LogP contribution in [0.15, 0.2) is 124 Å². The zero-order valence-electron chi connectivity index (χ0n) is 47.4. The van der Waals surface area contributed by atoms with E-state index in [0.29, 0.717) is 79.7 Å². The van der Waals surface area contributed by atoms with E-state index in [4.69, 9.17) is 9.47 Å². The van der Waals surface area contributed by atoms with Gasteiger partial charge in [-0.2, -0.15) is 0 Å². The Balaban J connectivity index is 0.960. The molecule has 4 fully saturated rings. The quantitative estimate of drug-likeness (QED) is 0.0383. The lowest BCUT2D eigenvalue weighted by Crippen LogP contribution is -2.54. The smallest absolute Gasteiger partial charge is 0.340 e. The van der Waals surface area contributed by atoms with E-state index in [1.54, 1.807) is 21.6 Å². The maximum atomic E-state index is 15.6. The first-order valence-electron chi connectivity index (χ1n) is 30.9. The minimum absolute atomic E-state index is 0.000197. The Morgan fingerprint density at radius 3 is 2.51 bits per heavy atom. The van der Waals surface area contributed by atoms with E-state index < -0.39 is 35.4 Å². The van der Waals surface area contributed by atoms with Gasteiger partial charge in [-0.3, -0.25) is 14.5 Å². The molecule has 1 aromatic carbocycles. The van der Waals surface area contributed by atoms with Crippen LogP contribution in [0.3, 0.4) is 0 Å². The number of aliphatic hydroxyl groups excluding tert-OH is 3. The van der Waals surface area contributed by atoms with E-state index in [-0.39, 0.29) is 95.0 Å². The highest BCUT2D eigenvalue weighted by molar-refractivity contribution is 8.76. The van der Waals surface area contributed by atoms with Gasteiger partial charge in [0.15, 0.2) is 0 Å². The fourth-order valence-electron chi connectivity index (χ4n) is 18.0. The SMILES string of the molecule is CCC1(/C=C2\OC(=O)C3=C2CC[C@H]2[C@@H]4CC[C@@]5(C6=C4[C@@H](CN4C(=O)C=CC4=O)C4=CCNC(=C4)NCSS[C@@H](NC[C@H](C)O)[C@H]([C@H]4[C@@H]7C[C@H]8C[C@@H](CO)C[C@H]([C@H](O)Cc9ccccc9)C#C[C@@H]7C=C[C@@H]4C8)C/C=C/5OC6=O)[C@@H]32)CCCC1. The van der Waals surface area contributed by atoms with Crippen LogP contribution in [0.2, 0.25) is 0 Å². The van der Waals surface area contributed by atoms with Gasteiger partial charge in [-0.05, 0) is 178 Å². The Kier molecular flexibility index (Phi) is 15.8. The van der Waals surface area contributed by atoms with Crippen LogP contribution in [0.25, 0.3) is 0 Å². The topological polar surface area (TPSA) is 187 Å². The van der Waals surface area contributed by atoms with Crippen LogP contribution in [-0.4, -0.2) is 93.7 Å². The van der Waals surface area contributed by atoms with Crippen molar-refractivity contribution in [2.75, 3.05) is 32.1 Å². The van der Waals surface area contributed by atoms with E-state index in [1.807, 2.05) is 37.3 Å². The van der Waals surface area contributed by atoms with Crippen LogP contribution in [0.4, 0.5) is 0 Å². The molecular formula is C67H80N4O9S2. The summed E-state index contributed by atoms with van der Waals surface area (Å²) in [5.41, 5.74) is 4.11. The van der Waals surface area contributed by atoms with Crippen molar-refractivity contribution in [3.8, 4) is 11.8 Å². The van der Waals surface area contributed by atoms with Gasteiger partial charge in [0.05, 0.1) is 40.3 Å². The zero-order valence-corrected chi connectivity index (χ0v) is 49.0. The van der Waals surface area contributed by atoms with Gasteiger partial charge in [-0.25, -0.2) is 9.59 Å². The lowest BCUT2D eigenvalue weighted by atomic mass is 9.43. The molecule has 5 heterocycles. The molecule has 10 bridgehead atoms. The van der Waals surface area contributed by atoms with E-state index in [1.165, 1.54) is 17.1 Å². The fraction of sp³-hybridized carbons (Fsp3) is 0.582. The second kappa shape index (κ2) is 23.1. The van der Waals surface area contributed by atoms with Crippen LogP contribution in [-0.2, 0) is 35.1 Å². The van der Waals surface area contributed by atoms with Gasteiger partial charge < -0.3 is 40.7 Å². The normalized spacial score (nSPS) is 38.1. The molecule has 1 spiro atoms. The number of nitrogens with zero attached hydrogens (tertiary/aromatic N) is 1. The summed E-state index contributed by atoms with van der Waals surface area (Å²) in [6.07, 6.45) is 27.4. The molecule has 434 valence electrons. The number of imide groups is 1. The van der Waals surface area contributed by atoms with Crippen LogP contribution < -0.4 is 16.0 Å². The van der Waals surface area contributed by atoms with Crippen molar-refractivity contribution in [2.45, 2.75) is 128 Å². The molecule has 1 saturated heterocycles. The van der Waals surface area contributed by atoms with Gasteiger partial charge in [0.25, 0.3) is 11.8 Å². The molecule has 8 aliphatic carbocycles. The highest BCUT2D eigenvalue weighted by Gasteiger charge is 2.69. The third-order valence-corrected chi connectivity index (χ3v) is 24.1. The van der Waals surface area contributed by atoms with Crippen molar-refractivity contribution in [1.82, 2.24) is 20.9 Å². The third kappa shape index (κ3) is 10.1. The number of allylic oxidation sites excluding steroid dienone is 7. The number of cyclic esters (lactones) is 1. The van der Waals surface area contributed by atoms with Crippen LogP contribution in [0.1, 0.15) is 109 Å². The number of benzene rings is 1. The highest BCUT2D eigenvalue weighted by Crippen LogP contribution is 2.72. The molecule has 14 rings (SSSR count). The summed E-state index contributed by atoms with van der Waals surface area (Å²) in [5, 5.41) is 44.8. The van der Waals surface area contributed by atoms with Crippen LogP contribution in [0.5, 0.6) is 0 Å². The molecule has 13 aliphatic rings. The number of esters is 2. The van der Waals surface area contributed by atoms with E-state index in [9.17, 15) is 24.9 Å². The van der Waals surface area contributed by atoms with Gasteiger partial charge >= 0.3 is 11.9 Å². The summed E-state index contributed by atoms with van der Waals surface area (Å²) in [4.78, 5) is 59.2. The Labute approximate surface area is 490 Å². The van der Waals surface area contributed by atoms with Crippen molar-refractivity contribution in [3.63, 3.8) is 0 Å². The molecule has 0 radical (unpaired) electrons. The third-order valence-electron chi connectivity index (χ3n) is 21.6. The minimum atomic E-state index is -1.02. The molecule has 3 saturated carbocycles. The van der Waals surface area contributed by atoms with E-state index in [2.05, 4.69) is 71.2 Å². The lowest BCUT2D eigenvalue weighted by Gasteiger charge is -2.57. The summed E-state index contributed by atoms with van der Waals surface area (Å²) in [7, 11) is 3.47. The van der Waals surface area contributed by atoms with E-state index >= 15 is 9.59 Å². The van der Waals surface area contributed by atoms with Crippen molar-refractivity contribution < 1.29 is 44.0 Å². The molecule has 0 unspecified atom stereocenters. The number of carbonyl (C=O) groups is 4. The van der Waals surface area contributed by atoms with Crippen molar-refractivity contribution in [1.29, 1.82) is 0 Å². The number of nitrogens with one attached hydrogen (secondary N) is 3. The number of hydrogen-bond donors (Lipinski definition) is 6. The molecule has 2 amide bonds. The zero-order chi connectivity index (χ0) is 56.4. The van der Waals surface area contributed by atoms with Crippen molar-refractivity contribution in [2.24, 2.45) is 81.8 Å². The Morgan fingerprint density at radius 2 is 1.73 bits per heavy atom. The molecular weight excluding hydrogens is 1070 g/mol. The van der Waals surface area contributed by atoms with Gasteiger partial charge in [-0.15, -0.1) is 0 Å². The monoisotopic (exact) mass is 1150 g/mol. The number of aliphatic hydroxyl groups is 3. The Bertz CT molecular complexity index is 3050. The maximum Gasteiger partial charge on any atom is 0.340 e. The summed E-state index contributed by atoms with van der Waals surface area (Å²) >= 11 is 0. The summed E-state index contributed by atoms with van der Waals surface area (Å²) in [6.45, 7) is 5.02. The molecule has 5 aliphatic heterocycles. The molecule has 16 atom stereocenters. The minimum Gasteiger partial charge on any atom is -0.427 e. The highest BCUT2D eigenvalue weighted by atomic mass is 33.1. The summed E-state index contributed by atoms with van der Waals surface area (Å²) < 4.78 is 13.4. The van der Waals surface area contributed by atoms with Crippen molar-refractivity contribution >= 4 is 45.3 Å². The molecule has 6 N–H and O–H groups in total. The number of fused-ring (bicyclic) bond motifs is 4. The second-order valence-corrected chi connectivity index (χ2v) is 28.6. The lowest BCUT2D eigenvalue weighted by molar-refractivity contribution is -0.138. The maximum absolute atomic E-state index is 15.6. The Morgan fingerprint density at radius 1 is 0.915 bits per heavy atom. The summed E-state index contributed by atoms with van der Waals surface area (Å²) in [6, 6.07) is 10.1. The van der Waals surface area contributed by atoms with Crippen LogP contribution >= 0.6 is 21.6 Å². The first-order valence-corrected chi connectivity index (χ1v) is 33.2. The van der Waals surface area contributed by atoms with Gasteiger partial charge in [0, 0.05) is 73.2 Å². The van der Waals surface area contributed by atoms with Crippen molar-refractivity contribution in [3.05, 3.63) is 130 Å². The molecule has 13 nitrogen and oxygen atoms in total. The van der Waals surface area contributed by atoms with Gasteiger partial charge in [-0.1, -0.05) is 102 Å².